The zero-order valence-corrected chi connectivity index (χ0v) is 12.8. The third-order valence-electron chi connectivity index (χ3n) is 3.89. The number of carboxylic acid groups (broad SMARTS) is 1. The number of hydrogen-bond acceptors (Lipinski definition) is 3. The first-order valence-electron chi connectivity index (χ1n) is 7.46. The number of rotatable bonds is 5. The highest BCUT2D eigenvalue weighted by atomic mass is 32.1. The standard InChI is InChI=1S/C15H22N2O3S/c18-14(19)12-6-2-1-3-7-13(12)17-15(20)16-9-8-11-5-4-10-21-11/h4-5,10,12-13H,1-3,6-9H2,(H,18,19)(H2,16,17,20). The molecule has 1 aromatic rings. The molecule has 1 aliphatic carbocycles. The predicted molar refractivity (Wildman–Crippen MR) is 82.6 cm³/mol. The molecule has 0 aromatic carbocycles. The van der Waals surface area contributed by atoms with Crippen molar-refractivity contribution in [3.05, 3.63) is 22.4 Å². The Morgan fingerprint density at radius 3 is 2.81 bits per heavy atom. The van der Waals surface area contributed by atoms with Gasteiger partial charge in [0.1, 0.15) is 0 Å². The minimum Gasteiger partial charge on any atom is -0.481 e. The van der Waals surface area contributed by atoms with E-state index >= 15 is 0 Å². The van der Waals surface area contributed by atoms with Crippen LogP contribution < -0.4 is 10.6 Å². The molecule has 116 valence electrons. The summed E-state index contributed by atoms with van der Waals surface area (Å²) in [6.07, 6.45) is 5.14. The van der Waals surface area contributed by atoms with Gasteiger partial charge >= 0.3 is 12.0 Å². The average Bonchev–Trinajstić information content (AvgIpc) is 2.84. The fourth-order valence-corrected chi connectivity index (χ4v) is 3.46. The quantitative estimate of drug-likeness (QED) is 0.732. The van der Waals surface area contributed by atoms with Gasteiger partial charge < -0.3 is 15.7 Å². The second kappa shape index (κ2) is 8.02. The lowest BCUT2D eigenvalue weighted by Gasteiger charge is -2.23. The van der Waals surface area contributed by atoms with Crippen LogP contribution in [-0.2, 0) is 11.2 Å². The summed E-state index contributed by atoms with van der Waals surface area (Å²) in [4.78, 5) is 24.4. The van der Waals surface area contributed by atoms with Crippen molar-refractivity contribution in [1.82, 2.24) is 10.6 Å². The molecular formula is C15H22N2O3S. The molecule has 2 unspecified atom stereocenters. The van der Waals surface area contributed by atoms with E-state index in [-0.39, 0.29) is 12.1 Å². The number of nitrogens with one attached hydrogen (secondary N) is 2. The maximum Gasteiger partial charge on any atom is 0.315 e. The smallest absolute Gasteiger partial charge is 0.315 e. The Bertz CT molecular complexity index is 461. The van der Waals surface area contributed by atoms with Crippen molar-refractivity contribution in [2.45, 2.75) is 44.6 Å². The molecule has 0 saturated heterocycles. The van der Waals surface area contributed by atoms with Crippen LogP contribution in [0.4, 0.5) is 4.79 Å². The number of carboxylic acids is 1. The average molecular weight is 310 g/mol. The molecule has 0 radical (unpaired) electrons. The van der Waals surface area contributed by atoms with Crippen LogP contribution in [0.3, 0.4) is 0 Å². The zero-order chi connectivity index (χ0) is 15.1. The number of hydrogen-bond donors (Lipinski definition) is 3. The Morgan fingerprint density at radius 1 is 1.29 bits per heavy atom. The summed E-state index contributed by atoms with van der Waals surface area (Å²) in [7, 11) is 0. The third-order valence-corrected chi connectivity index (χ3v) is 4.82. The number of amides is 2. The molecule has 1 aliphatic rings. The first-order valence-corrected chi connectivity index (χ1v) is 8.34. The molecule has 1 fully saturated rings. The van der Waals surface area contributed by atoms with Crippen LogP contribution >= 0.6 is 11.3 Å². The Kier molecular flexibility index (Phi) is 6.04. The van der Waals surface area contributed by atoms with Crippen molar-refractivity contribution in [3.8, 4) is 0 Å². The van der Waals surface area contributed by atoms with E-state index in [1.807, 2.05) is 17.5 Å². The van der Waals surface area contributed by atoms with Gasteiger partial charge in [-0.05, 0) is 30.7 Å². The first kappa shape index (κ1) is 15.8. The van der Waals surface area contributed by atoms with Crippen LogP contribution in [0.1, 0.15) is 37.0 Å². The molecule has 0 spiro atoms. The monoisotopic (exact) mass is 310 g/mol. The van der Waals surface area contributed by atoms with Gasteiger partial charge in [-0.25, -0.2) is 4.79 Å². The highest BCUT2D eigenvalue weighted by Gasteiger charge is 2.30. The van der Waals surface area contributed by atoms with Crippen LogP contribution in [0.2, 0.25) is 0 Å². The van der Waals surface area contributed by atoms with Crippen LogP contribution in [0.15, 0.2) is 17.5 Å². The SMILES string of the molecule is O=C(NCCc1cccs1)NC1CCCCCC1C(=O)O. The van der Waals surface area contributed by atoms with Crippen molar-refractivity contribution in [2.75, 3.05) is 6.54 Å². The number of carbonyl (C=O) groups is 2. The summed E-state index contributed by atoms with van der Waals surface area (Å²) in [5.41, 5.74) is 0. The Balaban J connectivity index is 1.77. The van der Waals surface area contributed by atoms with E-state index in [9.17, 15) is 14.7 Å². The summed E-state index contributed by atoms with van der Waals surface area (Å²) >= 11 is 1.67. The minimum absolute atomic E-state index is 0.258. The summed E-state index contributed by atoms with van der Waals surface area (Å²) < 4.78 is 0. The molecule has 0 bridgehead atoms. The topological polar surface area (TPSA) is 78.4 Å². The third kappa shape index (κ3) is 5.04. The second-order valence-corrected chi connectivity index (χ2v) is 6.45. The van der Waals surface area contributed by atoms with E-state index in [4.69, 9.17) is 0 Å². The minimum atomic E-state index is -0.805. The highest BCUT2D eigenvalue weighted by Crippen LogP contribution is 2.23. The van der Waals surface area contributed by atoms with Gasteiger partial charge in [0.05, 0.1) is 5.92 Å². The molecule has 1 saturated carbocycles. The molecule has 0 aliphatic heterocycles. The number of thiophene rings is 1. The summed E-state index contributed by atoms with van der Waals surface area (Å²) in [5.74, 6) is -1.27. The van der Waals surface area contributed by atoms with Gasteiger partial charge in [-0.1, -0.05) is 25.3 Å². The molecule has 2 atom stereocenters. The van der Waals surface area contributed by atoms with Crippen LogP contribution in [0, 0.1) is 5.92 Å². The van der Waals surface area contributed by atoms with E-state index in [0.717, 1.165) is 32.1 Å². The first-order chi connectivity index (χ1) is 10.2. The number of aliphatic carboxylic acids is 1. The summed E-state index contributed by atoms with van der Waals surface area (Å²) in [6.45, 7) is 0.566. The van der Waals surface area contributed by atoms with E-state index in [1.54, 1.807) is 11.3 Å². The fourth-order valence-electron chi connectivity index (χ4n) is 2.75. The molecule has 21 heavy (non-hydrogen) atoms. The van der Waals surface area contributed by atoms with Crippen molar-refractivity contribution >= 4 is 23.3 Å². The lowest BCUT2D eigenvalue weighted by molar-refractivity contribution is -0.142. The van der Waals surface area contributed by atoms with Crippen molar-refractivity contribution in [3.63, 3.8) is 0 Å². The van der Waals surface area contributed by atoms with Gasteiger partial charge in [-0.15, -0.1) is 11.3 Å². The Hall–Kier alpha value is -1.56. The largest absolute Gasteiger partial charge is 0.481 e. The van der Waals surface area contributed by atoms with Gasteiger partial charge in [-0.3, -0.25) is 4.79 Å². The van der Waals surface area contributed by atoms with Gasteiger partial charge in [0.2, 0.25) is 0 Å². The van der Waals surface area contributed by atoms with Crippen molar-refractivity contribution in [1.29, 1.82) is 0 Å². The maximum absolute atomic E-state index is 11.9. The second-order valence-electron chi connectivity index (χ2n) is 5.42. The van der Waals surface area contributed by atoms with E-state index < -0.39 is 11.9 Å². The molecule has 3 N–H and O–H groups in total. The fraction of sp³-hybridized carbons (Fsp3) is 0.600. The highest BCUT2D eigenvalue weighted by molar-refractivity contribution is 7.09. The predicted octanol–water partition coefficient (Wildman–Crippen LogP) is 2.62. The van der Waals surface area contributed by atoms with E-state index in [2.05, 4.69) is 10.6 Å². The molecule has 2 rings (SSSR count). The molecule has 2 amide bonds. The Morgan fingerprint density at radius 2 is 2.10 bits per heavy atom. The molecule has 6 heteroatoms. The molecular weight excluding hydrogens is 288 g/mol. The van der Waals surface area contributed by atoms with Gasteiger partial charge in [0.15, 0.2) is 0 Å². The number of carbonyl (C=O) groups excluding carboxylic acids is 1. The zero-order valence-electron chi connectivity index (χ0n) is 12.0. The van der Waals surface area contributed by atoms with Crippen LogP contribution in [0.25, 0.3) is 0 Å². The normalized spacial score (nSPS) is 22.3. The van der Waals surface area contributed by atoms with E-state index in [0.29, 0.717) is 13.0 Å². The maximum atomic E-state index is 11.9. The van der Waals surface area contributed by atoms with Gasteiger partial charge in [0.25, 0.3) is 0 Å². The molecule has 1 aromatic heterocycles. The Labute approximate surface area is 128 Å². The molecule has 1 heterocycles. The van der Waals surface area contributed by atoms with Crippen LogP contribution in [0.5, 0.6) is 0 Å². The number of urea groups is 1. The van der Waals surface area contributed by atoms with E-state index in [1.165, 1.54) is 4.88 Å². The summed E-state index contributed by atoms with van der Waals surface area (Å²) in [5, 5.41) is 16.9. The van der Waals surface area contributed by atoms with Gasteiger partial charge in [0, 0.05) is 17.5 Å². The van der Waals surface area contributed by atoms with Crippen molar-refractivity contribution in [2.24, 2.45) is 5.92 Å². The lowest BCUT2D eigenvalue weighted by atomic mass is 9.95. The van der Waals surface area contributed by atoms with Crippen molar-refractivity contribution < 1.29 is 14.7 Å². The summed E-state index contributed by atoms with van der Waals surface area (Å²) in [6, 6.07) is 3.51. The molecule has 5 nitrogen and oxygen atoms in total. The van der Waals surface area contributed by atoms with Gasteiger partial charge in [-0.2, -0.15) is 0 Å². The lowest BCUT2D eigenvalue weighted by Crippen LogP contribution is -2.47. The van der Waals surface area contributed by atoms with Crippen LogP contribution in [-0.4, -0.2) is 29.7 Å².